The number of rotatable bonds is 10. The van der Waals surface area contributed by atoms with E-state index < -0.39 is 13.9 Å². The molecule has 1 N–H and O–H groups in total. The van der Waals surface area contributed by atoms with Gasteiger partial charge in [0.1, 0.15) is 12.2 Å². The molecule has 2 aromatic carbocycles. The number of benzene rings is 2. The molecule has 1 aliphatic carbocycles. The minimum atomic E-state index is -2.96. The van der Waals surface area contributed by atoms with E-state index in [1.54, 1.807) is 0 Å². The van der Waals surface area contributed by atoms with Gasteiger partial charge in [-0.2, -0.15) is 0 Å². The first-order valence-corrected chi connectivity index (χ1v) is 15.1. The highest BCUT2D eigenvalue weighted by atomic mass is 28.4. The van der Waals surface area contributed by atoms with Crippen LogP contribution in [0, 0.1) is 11.8 Å². The van der Waals surface area contributed by atoms with Crippen molar-refractivity contribution in [2.24, 2.45) is 11.8 Å². The van der Waals surface area contributed by atoms with Gasteiger partial charge in [0, 0.05) is 0 Å². The van der Waals surface area contributed by atoms with Gasteiger partial charge in [-0.1, -0.05) is 93.8 Å². The SMILES string of the molecule is CC(C)(C)OC(=O)COC[C@H]1CCC[C@@H](CCC(C)(C)[Si](O)(c2ccccc2)c2ccccc2)C1. The number of ether oxygens (including phenoxy) is 2. The van der Waals surface area contributed by atoms with Crippen molar-refractivity contribution >= 4 is 24.7 Å². The number of esters is 1. The molecule has 0 aliphatic heterocycles. The Labute approximate surface area is 213 Å². The first kappa shape index (κ1) is 27.6. The molecule has 1 aliphatic rings. The summed E-state index contributed by atoms with van der Waals surface area (Å²) in [4.78, 5) is 24.3. The average molecular weight is 497 g/mol. The molecule has 35 heavy (non-hydrogen) atoms. The van der Waals surface area contributed by atoms with Gasteiger partial charge in [0.2, 0.25) is 0 Å². The number of hydrogen-bond donors (Lipinski definition) is 1. The summed E-state index contributed by atoms with van der Waals surface area (Å²) in [6.45, 7) is 10.8. The van der Waals surface area contributed by atoms with Gasteiger partial charge in [0.25, 0.3) is 8.32 Å². The fourth-order valence-electron chi connectivity index (χ4n) is 5.55. The van der Waals surface area contributed by atoms with Crippen molar-refractivity contribution < 1.29 is 19.1 Å². The zero-order valence-electron chi connectivity index (χ0n) is 22.3. The normalized spacial score (nSPS) is 19.4. The van der Waals surface area contributed by atoms with Crippen molar-refractivity contribution in [1.29, 1.82) is 0 Å². The van der Waals surface area contributed by atoms with Crippen LogP contribution in [0.4, 0.5) is 0 Å². The molecule has 0 saturated heterocycles. The second kappa shape index (κ2) is 11.9. The van der Waals surface area contributed by atoms with E-state index in [1.807, 2.05) is 57.2 Å². The molecule has 4 nitrogen and oxygen atoms in total. The topological polar surface area (TPSA) is 55.8 Å². The van der Waals surface area contributed by atoms with Crippen molar-refractivity contribution in [3.05, 3.63) is 60.7 Å². The van der Waals surface area contributed by atoms with E-state index in [-0.39, 0.29) is 17.6 Å². The lowest BCUT2D eigenvalue weighted by atomic mass is 9.79. The van der Waals surface area contributed by atoms with E-state index in [1.165, 1.54) is 12.8 Å². The lowest BCUT2D eigenvalue weighted by molar-refractivity contribution is -0.160. The van der Waals surface area contributed by atoms with Crippen molar-refractivity contribution in [1.82, 2.24) is 0 Å². The van der Waals surface area contributed by atoms with Crippen molar-refractivity contribution in [2.45, 2.75) is 83.8 Å². The molecule has 192 valence electrons. The summed E-state index contributed by atoms with van der Waals surface area (Å²) in [6.07, 6.45) is 6.79. The molecule has 0 radical (unpaired) electrons. The Morgan fingerprint density at radius 1 is 0.914 bits per heavy atom. The zero-order valence-corrected chi connectivity index (χ0v) is 23.3. The molecule has 1 saturated carbocycles. The van der Waals surface area contributed by atoms with Crippen LogP contribution in [0.1, 0.15) is 73.1 Å². The van der Waals surface area contributed by atoms with Crippen molar-refractivity contribution in [2.75, 3.05) is 13.2 Å². The Morgan fingerprint density at radius 3 is 2.00 bits per heavy atom. The van der Waals surface area contributed by atoms with Gasteiger partial charge in [-0.3, -0.25) is 0 Å². The monoisotopic (exact) mass is 496 g/mol. The molecule has 0 bridgehead atoms. The highest BCUT2D eigenvalue weighted by Gasteiger charge is 2.49. The maximum Gasteiger partial charge on any atom is 0.332 e. The molecule has 0 spiro atoms. The van der Waals surface area contributed by atoms with E-state index in [4.69, 9.17) is 9.47 Å². The van der Waals surface area contributed by atoms with Crippen LogP contribution < -0.4 is 10.4 Å². The van der Waals surface area contributed by atoms with Gasteiger partial charge < -0.3 is 14.3 Å². The summed E-state index contributed by atoms with van der Waals surface area (Å²) in [5.74, 6) is 0.819. The highest BCUT2D eigenvalue weighted by Crippen LogP contribution is 2.43. The second-order valence-corrected chi connectivity index (χ2v) is 15.8. The second-order valence-electron chi connectivity index (χ2n) is 11.9. The Hall–Kier alpha value is -1.95. The quantitative estimate of drug-likeness (QED) is 0.350. The van der Waals surface area contributed by atoms with Crippen LogP contribution >= 0.6 is 0 Å². The molecule has 0 amide bonds. The third-order valence-corrected chi connectivity index (χ3v) is 12.0. The van der Waals surface area contributed by atoms with Crippen LogP contribution in [0.3, 0.4) is 0 Å². The molecular formula is C30H44O4Si. The van der Waals surface area contributed by atoms with Gasteiger partial charge in [-0.15, -0.1) is 0 Å². The van der Waals surface area contributed by atoms with Crippen LogP contribution in [0.15, 0.2) is 60.7 Å². The van der Waals surface area contributed by atoms with Gasteiger partial charge in [-0.25, -0.2) is 4.79 Å². The molecule has 2 atom stereocenters. The number of hydrogen-bond acceptors (Lipinski definition) is 4. The summed E-state index contributed by atoms with van der Waals surface area (Å²) in [6, 6.07) is 20.6. The molecule has 3 rings (SSSR count). The van der Waals surface area contributed by atoms with Gasteiger partial charge in [0.05, 0.1) is 6.61 Å². The fourth-order valence-corrected chi connectivity index (χ4v) is 9.30. The standard InChI is InChI=1S/C30H44O4Si/c1-29(2,3)34-28(31)23-33-22-25-14-12-13-24(21-25)19-20-30(4,5)35(32,26-15-8-6-9-16-26)27-17-10-7-11-18-27/h6-11,15-18,24-25,32H,12-14,19-23H2,1-5H3/t24-,25-/m0/s1. The first-order chi connectivity index (χ1) is 16.5. The van der Waals surface area contributed by atoms with Crippen LogP contribution in [0.2, 0.25) is 5.04 Å². The molecule has 1 fully saturated rings. The fraction of sp³-hybridized carbons (Fsp3) is 0.567. The molecule has 5 heteroatoms. The summed E-state index contributed by atoms with van der Waals surface area (Å²) >= 11 is 0. The lowest BCUT2D eigenvalue weighted by Gasteiger charge is -2.42. The van der Waals surface area contributed by atoms with Gasteiger partial charge >= 0.3 is 5.97 Å². The molecule has 0 aromatic heterocycles. The maximum atomic E-state index is 12.4. The maximum absolute atomic E-state index is 12.4. The largest absolute Gasteiger partial charge is 0.458 e. The van der Waals surface area contributed by atoms with E-state index in [0.29, 0.717) is 18.4 Å². The van der Waals surface area contributed by atoms with Crippen molar-refractivity contribution in [3.8, 4) is 0 Å². The summed E-state index contributed by atoms with van der Waals surface area (Å²) in [5, 5.41) is 1.94. The third-order valence-electron chi connectivity index (χ3n) is 7.43. The van der Waals surface area contributed by atoms with Crippen LogP contribution in [-0.2, 0) is 14.3 Å². The Balaban J connectivity index is 1.60. The Bertz CT molecular complexity index is 881. The Morgan fingerprint density at radius 2 is 1.46 bits per heavy atom. The summed E-state index contributed by atoms with van der Waals surface area (Å²) in [5.41, 5.74) is -0.478. The van der Waals surface area contributed by atoms with Crippen LogP contribution in [0.25, 0.3) is 0 Å². The van der Waals surface area contributed by atoms with Gasteiger partial charge in [-0.05, 0) is 67.3 Å². The summed E-state index contributed by atoms with van der Waals surface area (Å²) < 4.78 is 11.1. The van der Waals surface area contributed by atoms with Crippen molar-refractivity contribution in [3.63, 3.8) is 0 Å². The smallest absolute Gasteiger partial charge is 0.332 e. The average Bonchev–Trinajstić information content (AvgIpc) is 2.82. The molecular weight excluding hydrogens is 452 g/mol. The number of carbonyl (C=O) groups excluding carboxylic acids is 1. The zero-order chi connectivity index (χ0) is 25.5. The van der Waals surface area contributed by atoms with E-state index in [0.717, 1.165) is 36.1 Å². The van der Waals surface area contributed by atoms with Crippen LogP contribution in [0.5, 0.6) is 0 Å². The number of carbonyl (C=O) groups is 1. The molecule has 2 aromatic rings. The lowest BCUT2D eigenvalue weighted by Crippen LogP contribution is -2.65. The molecule has 0 unspecified atom stereocenters. The summed E-state index contributed by atoms with van der Waals surface area (Å²) in [7, 11) is -2.96. The van der Waals surface area contributed by atoms with E-state index in [9.17, 15) is 9.59 Å². The minimum absolute atomic E-state index is 0.0260. The van der Waals surface area contributed by atoms with E-state index >= 15 is 0 Å². The first-order valence-electron chi connectivity index (χ1n) is 13.1. The predicted octanol–water partition coefficient (Wildman–Crippen LogP) is 5.46. The predicted molar refractivity (Wildman–Crippen MR) is 146 cm³/mol. The van der Waals surface area contributed by atoms with Gasteiger partial charge in [0.15, 0.2) is 0 Å². The minimum Gasteiger partial charge on any atom is -0.458 e. The van der Waals surface area contributed by atoms with Crippen LogP contribution in [-0.4, -0.2) is 37.9 Å². The Kier molecular flexibility index (Phi) is 9.36. The van der Waals surface area contributed by atoms with E-state index in [2.05, 4.69) is 38.1 Å². The molecule has 0 heterocycles. The third kappa shape index (κ3) is 7.52. The highest BCUT2D eigenvalue weighted by molar-refractivity contribution is 6.98.